The third-order valence-corrected chi connectivity index (χ3v) is 4.66. The van der Waals surface area contributed by atoms with Gasteiger partial charge in [-0.15, -0.1) is 0 Å². The van der Waals surface area contributed by atoms with Gasteiger partial charge in [-0.25, -0.2) is 4.79 Å². The van der Waals surface area contributed by atoms with Crippen LogP contribution in [0.25, 0.3) is 0 Å². The van der Waals surface area contributed by atoms with Crippen LogP contribution in [-0.2, 0) is 35.0 Å². The molecule has 1 atom stereocenters. The number of methoxy groups -OCH3 is 1. The highest BCUT2D eigenvalue weighted by Gasteiger charge is 2.37. The molecule has 0 aliphatic carbocycles. The minimum atomic E-state index is -1.32. The molecule has 1 aliphatic heterocycles. The Balaban J connectivity index is 1.84. The number of amides is 1. The van der Waals surface area contributed by atoms with E-state index in [4.69, 9.17) is 14.1 Å². The average molecular weight is 435 g/mol. The van der Waals surface area contributed by atoms with Gasteiger partial charge in [0.05, 0.1) is 13.1 Å². The van der Waals surface area contributed by atoms with Gasteiger partial charge in [0, 0.05) is 19.3 Å². The van der Waals surface area contributed by atoms with E-state index < -0.39 is 31.8 Å². The first-order chi connectivity index (χ1) is 14.8. The summed E-state index contributed by atoms with van der Waals surface area (Å²) in [4.78, 5) is 46.7. The van der Waals surface area contributed by atoms with Crippen LogP contribution < -0.4 is 9.97 Å². The molecule has 0 aromatic heterocycles. The van der Waals surface area contributed by atoms with Crippen molar-refractivity contribution in [1.29, 1.82) is 0 Å². The van der Waals surface area contributed by atoms with Crippen LogP contribution in [0.1, 0.15) is 54.9 Å². The molecule has 0 saturated carbocycles. The van der Waals surface area contributed by atoms with Crippen molar-refractivity contribution in [1.82, 2.24) is 5.32 Å². The quantitative estimate of drug-likeness (QED) is 0.238. The van der Waals surface area contributed by atoms with Crippen LogP contribution in [0.3, 0.4) is 0 Å². The molecule has 0 radical (unpaired) electrons. The minimum Gasteiger partial charge on any atom is -0.534 e. The summed E-state index contributed by atoms with van der Waals surface area (Å²) in [5, 5.41) is 12.9. The van der Waals surface area contributed by atoms with Crippen molar-refractivity contribution in [2.24, 2.45) is 0 Å². The number of carbonyl (C=O) groups excluding carboxylic acids is 4. The molecular weight excluding hydrogens is 409 g/mol. The summed E-state index contributed by atoms with van der Waals surface area (Å²) >= 11 is 0. The van der Waals surface area contributed by atoms with E-state index in [9.17, 15) is 24.2 Å². The Morgan fingerprint density at radius 2 is 1.87 bits per heavy atom. The second kappa shape index (κ2) is 11.9. The lowest BCUT2D eigenvalue weighted by Crippen LogP contribution is -2.53. The third-order valence-electron chi connectivity index (χ3n) is 4.66. The highest BCUT2D eigenvalue weighted by Crippen LogP contribution is 2.30. The van der Waals surface area contributed by atoms with Crippen molar-refractivity contribution in [3.63, 3.8) is 0 Å². The molecule has 10 nitrogen and oxygen atoms in total. The molecule has 1 amide bonds. The number of para-hydroxylation sites is 1. The van der Waals surface area contributed by atoms with Crippen molar-refractivity contribution in [3.05, 3.63) is 29.3 Å². The highest BCUT2D eigenvalue weighted by atomic mass is 16.7. The molecule has 1 aromatic rings. The zero-order valence-corrected chi connectivity index (χ0v) is 17.5. The van der Waals surface area contributed by atoms with E-state index in [2.05, 4.69) is 10.1 Å². The van der Waals surface area contributed by atoms with Crippen LogP contribution in [0.2, 0.25) is 0 Å². The number of hydrogen-bond donors (Lipinski definition) is 2. The standard InChI is InChI=1S/C20H26BNO9/c1-3-16(23)22-15-11-13-7-6-8-14(19(13)31-21(15)27)20(26)30-12-29-18(25)10-5-4-9-17(24)28-2/h6-8,15,27H,3-5,9-12H2,1-2H3,(H,22,23)/t15-/m0/s1. The fourth-order valence-corrected chi connectivity index (χ4v) is 2.96. The zero-order chi connectivity index (χ0) is 22.8. The largest absolute Gasteiger partial charge is 0.547 e. The summed E-state index contributed by atoms with van der Waals surface area (Å²) in [6.45, 7) is 1.12. The highest BCUT2D eigenvalue weighted by molar-refractivity contribution is 6.47. The number of carbonyl (C=O) groups is 4. The predicted molar refractivity (Wildman–Crippen MR) is 108 cm³/mol. The van der Waals surface area contributed by atoms with E-state index in [0.29, 0.717) is 18.4 Å². The molecule has 1 aliphatic rings. The van der Waals surface area contributed by atoms with Gasteiger partial charge in [0.25, 0.3) is 0 Å². The zero-order valence-electron chi connectivity index (χ0n) is 17.5. The van der Waals surface area contributed by atoms with Crippen molar-refractivity contribution < 1.29 is 43.1 Å². The van der Waals surface area contributed by atoms with Gasteiger partial charge >= 0.3 is 25.0 Å². The second-order valence-corrected chi connectivity index (χ2v) is 6.88. The molecule has 0 unspecified atom stereocenters. The van der Waals surface area contributed by atoms with Gasteiger partial charge in [-0.2, -0.15) is 0 Å². The fraction of sp³-hybridized carbons (Fsp3) is 0.500. The lowest BCUT2D eigenvalue weighted by atomic mass is 9.72. The average Bonchev–Trinajstić information content (AvgIpc) is 2.76. The summed E-state index contributed by atoms with van der Waals surface area (Å²) in [5.41, 5.74) is 0.703. The molecule has 168 valence electrons. The molecule has 0 spiro atoms. The number of unbranched alkanes of at least 4 members (excludes halogenated alkanes) is 1. The third kappa shape index (κ3) is 7.28. The Morgan fingerprint density at radius 1 is 1.16 bits per heavy atom. The van der Waals surface area contributed by atoms with Crippen LogP contribution in [0.15, 0.2) is 18.2 Å². The van der Waals surface area contributed by atoms with Gasteiger partial charge in [-0.05, 0) is 30.9 Å². The molecule has 2 rings (SSSR count). The van der Waals surface area contributed by atoms with E-state index in [1.54, 1.807) is 19.1 Å². The first kappa shape index (κ1) is 24.2. The van der Waals surface area contributed by atoms with Gasteiger partial charge in [-0.1, -0.05) is 19.1 Å². The Hall–Kier alpha value is -3.08. The lowest BCUT2D eigenvalue weighted by Gasteiger charge is -2.29. The van der Waals surface area contributed by atoms with Crippen LogP contribution in [0, 0.1) is 0 Å². The summed E-state index contributed by atoms with van der Waals surface area (Å²) in [6.07, 6.45) is 1.77. The monoisotopic (exact) mass is 435 g/mol. The lowest BCUT2D eigenvalue weighted by molar-refractivity contribution is -0.152. The van der Waals surface area contributed by atoms with Crippen molar-refractivity contribution in [3.8, 4) is 5.75 Å². The van der Waals surface area contributed by atoms with Crippen molar-refractivity contribution in [2.75, 3.05) is 13.9 Å². The molecule has 0 saturated heterocycles. The van der Waals surface area contributed by atoms with Crippen LogP contribution in [0.4, 0.5) is 0 Å². The molecule has 1 heterocycles. The van der Waals surface area contributed by atoms with E-state index in [1.807, 2.05) is 0 Å². The minimum absolute atomic E-state index is 0.0749. The maximum absolute atomic E-state index is 12.4. The number of rotatable bonds is 10. The molecular formula is C20H26BNO9. The molecule has 31 heavy (non-hydrogen) atoms. The summed E-state index contributed by atoms with van der Waals surface area (Å²) < 4.78 is 19.8. The summed E-state index contributed by atoms with van der Waals surface area (Å²) in [5.74, 6) is -2.38. The van der Waals surface area contributed by atoms with Crippen LogP contribution in [0.5, 0.6) is 5.75 Å². The molecule has 0 fully saturated rings. The van der Waals surface area contributed by atoms with Gasteiger partial charge in [0.15, 0.2) is 0 Å². The Bertz CT molecular complexity index is 814. The fourth-order valence-electron chi connectivity index (χ4n) is 2.96. The van der Waals surface area contributed by atoms with E-state index in [-0.39, 0.29) is 48.9 Å². The number of fused-ring (bicyclic) bond motifs is 1. The van der Waals surface area contributed by atoms with Crippen molar-refractivity contribution in [2.45, 2.75) is 51.4 Å². The van der Waals surface area contributed by atoms with Crippen molar-refractivity contribution >= 4 is 30.9 Å². The van der Waals surface area contributed by atoms with Gasteiger partial charge in [0.1, 0.15) is 11.3 Å². The predicted octanol–water partition coefficient (Wildman–Crippen LogP) is 0.927. The van der Waals surface area contributed by atoms with Crippen LogP contribution >= 0.6 is 0 Å². The van der Waals surface area contributed by atoms with Gasteiger partial charge < -0.3 is 29.2 Å². The van der Waals surface area contributed by atoms with E-state index >= 15 is 0 Å². The maximum atomic E-state index is 12.4. The number of esters is 3. The summed E-state index contributed by atoms with van der Waals surface area (Å²) in [6, 6.07) is 4.81. The SMILES string of the molecule is CCC(=O)N[C@H]1Cc2cccc(C(=O)OCOC(=O)CCCCC(=O)OC)c2OB1O. The Morgan fingerprint density at radius 3 is 2.55 bits per heavy atom. The number of nitrogens with one attached hydrogen (secondary N) is 1. The van der Waals surface area contributed by atoms with Gasteiger partial charge in [-0.3, -0.25) is 14.4 Å². The first-order valence-electron chi connectivity index (χ1n) is 10.0. The second-order valence-electron chi connectivity index (χ2n) is 6.88. The number of hydrogen-bond acceptors (Lipinski definition) is 9. The Labute approximate surface area is 180 Å². The molecule has 11 heteroatoms. The molecule has 1 aromatic carbocycles. The topological polar surface area (TPSA) is 137 Å². The summed E-state index contributed by atoms with van der Waals surface area (Å²) in [7, 11) is -0.0248. The first-order valence-corrected chi connectivity index (χ1v) is 10.0. The van der Waals surface area contributed by atoms with Gasteiger partial charge in [0.2, 0.25) is 12.7 Å². The number of ether oxygens (including phenoxy) is 3. The Kier molecular flexibility index (Phi) is 9.32. The smallest absolute Gasteiger partial charge is 0.534 e. The maximum Gasteiger partial charge on any atom is 0.547 e. The van der Waals surface area contributed by atoms with E-state index in [1.165, 1.54) is 13.2 Å². The van der Waals surface area contributed by atoms with E-state index in [0.717, 1.165) is 0 Å². The normalized spacial score (nSPS) is 14.7. The van der Waals surface area contributed by atoms with Crippen LogP contribution in [-0.4, -0.2) is 55.8 Å². The molecule has 0 bridgehead atoms. The number of benzene rings is 1. The molecule has 2 N–H and O–H groups in total.